The number of rotatable bonds is 5. The maximum absolute atomic E-state index is 12.2. The second-order valence-corrected chi connectivity index (χ2v) is 5.99. The molecule has 2 aromatic rings. The monoisotopic (exact) mass is 305 g/mol. The first-order valence-corrected chi connectivity index (χ1v) is 7.66. The van der Waals surface area contributed by atoms with Gasteiger partial charge in [-0.1, -0.05) is 6.07 Å². The van der Waals surface area contributed by atoms with E-state index in [9.17, 15) is 4.39 Å². The number of fused-ring (bicyclic) bond motifs is 1. The van der Waals surface area contributed by atoms with E-state index in [0.717, 1.165) is 12.2 Å². The van der Waals surface area contributed by atoms with Crippen LogP contribution >= 0.6 is 11.8 Å². The number of hydrogen-bond acceptors (Lipinski definition) is 4. The van der Waals surface area contributed by atoms with Gasteiger partial charge in [-0.3, -0.25) is 0 Å². The Morgan fingerprint density at radius 3 is 3.05 bits per heavy atom. The maximum atomic E-state index is 12.2. The lowest BCUT2D eigenvalue weighted by molar-refractivity contribution is 0.273. The summed E-state index contributed by atoms with van der Waals surface area (Å²) in [6.45, 7) is -0.363. The lowest BCUT2D eigenvalue weighted by Crippen LogP contribution is -1.98. The zero-order valence-electron chi connectivity index (χ0n) is 11.7. The molecule has 1 aliphatic heterocycles. The molecule has 0 saturated carbocycles. The number of methoxy groups -OCH3 is 1. The van der Waals surface area contributed by atoms with Crippen LogP contribution in [0.3, 0.4) is 0 Å². The van der Waals surface area contributed by atoms with Crippen LogP contribution in [0.25, 0.3) is 0 Å². The van der Waals surface area contributed by atoms with Crippen molar-refractivity contribution in [1.29, 1.82) is 0 Å². The van der Waals surface area contributed by atoms with Crippen molar-refractivity contribution in [2.24, 2.45) is 0 Å². The molecule has 21 heavy (non-hydrogen) atoms. The molecule has 0 aliphatic carbocycles. The molecule has 1 aromatic carbocycles. The van der Waals surface area contributed by atoms with E-state index in [1.54, 1.807) is 25.1 Å². The molecule has 0 fully saturated rings. The van der Waals surface area contributed by atoms with Gasteiger partial charge in [-0.25, -0.2) is 9.37 Å². The van der Waals surface area contributed by atoms with Gasteiger partial charge in [0.25, 0.3) is 0 Å². The number of benzene rings is 1. The van der Waals surface area contributed by atoms with Gasteiger partial charge in [0, 0.05) is 22.4 Å². The molecule has 5 heteroatoms. The largest absolute Gasteiger partial charge is 0.491 e. The van der Waals surface area contributed by atoms with Gasteiger partial charge < -0.3 is 9.47 Å². The van der Waals surface area contributed by atoms with Crippen molar-refractivity contribution in [2.45, 2.75) is 16.6 Å². The highest BCUT2D eigenvalue weighted by molar-refractivity contribution is 7.99. The number of halogens is 1. The molecule has 1 aliphatic rings. The van der Waals surface area contributed by atoms with Crippen LogP contribution in [0.4, 0.5) is 4.39 Å². The van der Waals surface area contributed by atoms with Gasteiger partial charge in [0.15, 0.2) is 0 Å². The Balaban J connectivity index is 1.77. The number of ether oxygens (including phenoxy) is 2. The van der Waals surface area contributed by atoms with Crippen molar-refractivity contribution in [3.63, 3.8) is 0 Å². The van der Waals surface area contributed by atoms with Crippen molar-refractivity contribution in [1.82, 2.24) is 4.98 Å². The molecule has 0 amide bonds. The summed E-state index contributed by atoms with van der Waals surface area (Å²) in [6.07, 6.45) is 2.74. The third-order valence-corrected chi connectivity index (χ3v) is 4.76. The summed E-state index contributed by atoms with van der Waals surface area (Å²) in [4.78, 5) is 5.34. The predicted molar refractivity (Wildman–Crippen MR) is 81.0 cm³/mol. The molecule has 0 bridgehead atoms. The normalized spacial score (nSPS) is 16.6. The highest BCUT2D eigenvalue weighted by atomic mass is 32.2. The molecule has 3 nitrogen and oxygen atoms in total. The molecule has 1 aromatic heterocycles. The zero-order chi connectivity index (χ0) is 14.7. The van der Waals surface area contributed by atoms with Crippen LogP contribution in [-0.2, 0) is 6.42 Å². The van der Waals surface area contributed by atoms with Crippen LogP contribution in [0.1, 0.15) is 16.4 Å². The molecular formula is C16H16FNO2S. The Kier molecular flexibility index (Phi) is 4.29. The van der Waals surface area contributed by atoms with E-state index >= 15 is 0 Å². The Labute approximate surface area is 127 Å². The minimum Gasteiger partial charge on any atom is -0.491 e. The molecular weight excluding hydrogens is 289 g/mol. The van der Waals surface area contributed by atoms with E-state index in [4.69, 9.17) is 9.47 Å². The van der Waals surface area contributed by atoms with Crippen LogP contribution in [0.15, 0.2) is 41.4 Å². The minimum absolute atomic E-state index is 0.106. The van der Waals surface area contributed by atoms with Gasteiger partial charge in [-0.15, -0.1) is 11.8 Å². The van der Waals surface area contributed by atoms with E-state index in [1.165, 1.54) is 16.0 Å². The van der Waals surface area contributed by atoms with Crippen LogP contribution in [-0.4, -0.2) is 25.4 Å². The number of hydrogen-bond donors (Lipinski definition) is 0. The highest BCUT2D eigenvalue weighted by Crippen LogP contribution is 2.47. The summed E-state index contributed by atoms with van der Waals surface area (Å²) in [7, 11) is 1.62. The maximum Gasteiger partial charge on any atom is 0.213 e. The fourth-order valence-electron chi connectivity index (χ4n) is 2.38. The third kappa shape index (κ3) is 3.13. The molecule has 0 saturated heterocycles. The van der Waals surface area contributed by atoms with Crippen molar-refractivity contribution < 1.29 is 13.9 Å². The highest BCUT2D eigenvalue weighted by Gasteiger charge is 2.24. The second kappa shape index (κ2) is 6.35. The number of thioether (sulfide) groups is 1. The van der Waals surface area contributed by atoms with Crippen LogP contribution in [0, 0.1) is 0 Å². The average Bonchev–Trinajstić information content (AvgIpc) is 2.96. The van der Waals surface area contributed by atoms with Gasteiger partial charge in [0.2, 0.25) is 5.88 Å². The summed E-state index contributed by atoms with van der Waals surface area (Å²) in [5, 5.41) is 0.355. The molecule has 0 spiro atoms. The number of aromatic nitrogens is 1. The first-order chi connectivity index (χ1) is 10.3. The summed E-state index contributed by atoms with van der Waals surface area (Å²) in [5.74, 6) is 1.36. The second-order valence-electron chi connectivity index (χ2n) is 4.75. The number of pyridine rings is 1. The first kappa shape index (κ1) is 14.2. The fourth-order valence-corrected chi connectivity index (χ4v) is 3.72. The number of alkyl halides is 1. The standard InChI is InChI=1S/C16H16FNO2S/c1-19-16-9-12(4-6-18-16)14-8-11-2-3-13(20-7-5-17)10-15(11)21-14/h2-4,6,9-10,14H,5,7-8H2,1H3. The molecule has 1 unspecified atom stereocenters. The van der Waals surface area contributed by atoms with Gasteiger partial charge >= 0.3 is 0 Å². The summed E-state index contributed by atoms with van der Waals surface area (Å²) < 4.78 is 22.7. The minimum atomic E-state index is -0.469. The van der Waals surface area contributed by atoms with Crippen molar-refractivity contribution >= 4 is 11.8 Å². The average molecular weight is 305 g/mol. The summed E-state index contributed by atoms with van der Waals surface area (Å²) >= 11 is 1.80. The van der Waals surface area contributed by atoms with Gasteiger partial charge in [-0.05, 0) is 35.7 Å². The molecule has 2 heterocycles. The van der Waals surface area contributed by atoms with E-state index in [-0.39, 0.29) is 6.61 Å². The Bertz CT molecular complexity index is 635. The third-order valence-electron chi connectivity index (χ3n) is 3.40. The molecule has 0 radical (unpaired) electrons. The lowest BCUT2D eigenvalue weighted by Gasteiger charge is -2.09. The Morgan fingerprint density at radius 1 is 1.33 bits per heavy atom. The van der Waals surface area contributed by atoms with Gasteiger partial charge in [0.05, 0.1) is 7.11 Å². The van der Waals surface area contributed by atoms with Crippen molar-refractivity contribution in [3.05, 3.63) is 47.7 Å². The smallest absolute Gasteiger partial charge is 0.213 e. The first-order valence-electron chi connectivity index (χ1n) is 6.78. The quantitative estimate of drug-likeness (QED) is 0.840. The summed E-state index contributed by atoms with van der Waals surface area (Å²) in [5.41, 5.74) is 2.50. The van der Waals surface area contributed by atoms with Crippen LogP contribution in [0.2, 0.25) is 0 Å². The molecule has 0 N–H and O–H groups in total. The van der Waals surface area contributed by atoms with Crippen LogP contribution < -0.4 is 9.47 Å². The van der Waals surface area contributed by atoms with E-state index in [1.807, 2.05) is 24.3 Å². The molecule has 110 valence electrons. The fraction of sp³-hybridized carbons (Fsp3) is 0.312. The van der Waals surface area contributed by atoms with Gasteiger partial charge in [-0.2, -0.15) is 0 Å². The summed E-state index contributed by atoms with van der Waals surface area (Å²) in [6, 6.07) is 9.96. The molecule has 1 atom stereocenters. The van der Waals surface area contributed by atoms with E-state index in [0.29, 0.717) is 11.1 Å². The molecule has 3 rings (SSSR count). The van der Waals surface area contributed by atoms with Crippen molar-refractivity contribution in [3.8, 4) is 11.6 Å². The Hall–Kier alpha value is -1.75. The number of nitrogens with zero attached hydrogens (tertiary/aromatic N) is 1. The van der Waals surface area contributed by atoms with E-state index in [2.05, 4.69) is 11.1 Å². The topological polar surface area (TPSA) is 31.4 Å². The Morgan fingerprint density at radius 2 is 2.24 bits per heavy atom. The lowest BCUT2D eigenvalue weighted by atomic mass is 10.1. The van der Waals surface area contributed by atoms with Crippen molar-refractivity contribution in [2.75, 3.05) is 20.4 Å². The predicted octanol–water partition coefficient (Wildman–Crippen LogP) is 3.83. The van der Waals surface area contributed by atoms with Gasteiger partial charge in [0.1, 0.15) is 19.0 Å². The SMILES string of the molecule is COc1cc(C2Cc3ccc(OCCF)cc3S2)ccn1. The van der Waals surface area contributed by atoms with E-state index < -0.39 is 6.67 Å². The zero-order valence-corrected chi connectivity index (χ0v) is 12.5. The van der Waals surface area contributed by atoms with Crippen LogP contribution in [0.5, 0.6) is 11.6 Å².